The van der Waals surface area contributed by atoms with Gasteiger partial charge in [0.05, 0.1) is 32.6 Å². The van der Waals surface area contributed by atoms with Crippen LogP contribution in [0.3, 0.4) is 0 Å². The van der Waals surface area contributed by atoms with Crippen LogP contribution in [0.1, 0.15) is 42.1 Å². The topological polar surface area (TPSA) is 94.2 Å². The summed E-state index contributed by atoms with van der Waals surface area (Å²) in [5.74, 6) is 1.26. The number of ketones is 1. The van der Waals surface area contributed by atoms with Gasteiger partial charge in [-0.25, -0.2) is 0 Å². The quantitative estimate of drug-likeness (QED) is 0.749. The van der Waals surface area contributed by atoms with Crippen molar-refractivity contribution in [1.82, 2.24) is 4.90 Å². The molecular weight excluding hydrogens is 424 g/mol. The van der Waals surface area contributed by atoms with E-state index in [1.54, 1.807) is 31.4 Å². The van der Waals surface area contributed by atoms with Gasteiger partial charge in [-0.15, -0.1) is 0 Å². The number of nitrogens with one attached hydrogen (secondary N) is 1. The van der Waals surface area contributed by atoms with Crippen molar-refractivity contribution in [3.05, 3.63) is 47.5 Å². The van der Waals surface area contributed by atoms with E-state index in [4.69, 9.17) is 14.2 Å². The van der Waals surface area contributed by atoms with Crippen LogP contribution in [0.25, 0.3) is 0 Å². The van der Waals surface area contributed by atoms with Gasteiger partial charge in [0.15, 0.2) is 17.3 Å². The molecule has 2 aliphatic heterocycles. The molecule has 1 saturated heterocycles. The third kappa shape index (κ3) is 4.65. The maximum Gasteiger partial charge on any atom is 0.226 e. The Bertz CT molecular complexity index is 1070. The van der Waals surface area contributed by atoms with E-state index in [1.165, 1.54) is 14.0 Å². The Morgan fingerprint density at radius 3 is 2.36 bits per heavy atom. The molecule has 0 radical (unpaired) electrons. The fourth-order valence-electron chi connectivity index (χ4n) is 4.50. The molecule has 8 heteroatoms. The molecule has 0 bridgehead atoms. The molecule has 1 N–H and O–H groups in total. The molecule has 2 aliphatic rings. The van der Waals surface area contributed by atoms with Gasteiger partial charge in [0.2, 0.25) is 17.6 Å². The molecule has 2 aromatic carbocycles. The average Bonchev–Trinajstić information content (AvgIpc) is 2.79. The van der Waals surface area contributed by atoms with Crippen LogP contribution in [0.4, 0.5) is 5.69 Å². The summed E-state index contributed by atoms with van der Waals surface area (Å²) in [5.41, 5.74) is 1.43. The molecule has 0 unspecified atom stereocenters. The van der Waals surface area contributed by atoms with E-state index in [0.29, 0.717) is 54.4 Å². The maximum atomic E-state index is 12.9. The summed E-state index contributed by atoms with van der Waals surface area (Å²) in [6, 6.07) is 10.7. The summed E-state index contributed by atoms with van der Waals surface area (Å²) in [7, 11) is 3.07. The van der Waals surface area contributed by atoms with Gasteiger partial charge in [0.25, 0.3) is 0 Å². The molecule has 8 nitrogen and oxygen atoms in total. The second kappa shape index (κ2) is 9.13. The Hall–Kier alpha value is -3.55. The first-order valence-corrected chi connectivity index (χ1v) is 11.0. The summed E-state index contributed by atoms with van der Waals surface area (Å²) in [4.78, 5) is 38.7. The number of fused-ring (bicyclic) bond motifs is 1. The van der Waals surface area contributed by atoms with Gasteiger partial charge in [-0.1, -0.05) is 12.1 Å². The lowest BCUT2D eigenvalue weighted by molar-refractivity contribution is -0.134. The number of hydrogen-bond acceptors (Lipinski definition) is 6. The number of nitrogens with zero attached hydrogens (tertiary/aromatic N) is 1. The standard InChI is InChI=1S/C25H28N2O6/c1-16(28)26-18-6-4-17(5-7-18)14-22(30)27-12-10-25(11-13-27)15-20(29)19-8-9-21(31-2)24(32-3)23(19)33-25/h4-9H,10-15H2,1-3H3,(H,26,28). The first kappa shape index (κ1) is 22.6. The summed E-state index contributed by atoms with van der Waals surface area (Å²) in [6.07, 6.45) is 1.68. The van der Waals surface area contributed by atoms with Crippen LogP contribution < -0.4 is 19.5 Å². The summed E-state index contributed by atoms with van der Waals surface area (Å²) in [5, 5.41) is 2.72. The SMILES string of the molecule is COc1ccc2c(c1OC)OC1(CCN(C(=O)Cc3ccc(NC(C)=O)cc3)CC1)CC2=O. The van der Waals surface area contributed by atoms with E-state index >= 15 is 0 Å². The largest absolute Gasteiger partial charge is 0.493 e. The van der Waals surface area contributed by atoms with Crippen molar-refractivity contribution in [3.8, 4) is 17.2 Å². The van der Waals surface area contributed by atoms with Crippen LogP contribution in [-0.4, -0.2) is 55.4 Å². The minimum absolute atomic E-state index is 0.0104. The fourth-order valence-corrected chi connectivity index (χ4v) is 4.50. The summed E-state index contributed by atoms with van der Waals surface area (Å²) >= 11 is 0. The van der Waals surface area contributed by atoms with Crippen molar-refractivity contribution in [2.75, 3.05) is 32.6 Å². The van der Waals surface area contributed by atoms with E-state index in [-0.39, 0.29) is 30.4 Å². The molecule has 174 valence electrons. The van der Waals surface area contributed by atoms with Gasteiger partial charge in [-0.2, -0.15) is 0 Å². The second-order valence-electron chi connectivity index (χ2n) is 8.50. The maximum absolute atomic E-state index is 12.9. The molecule has 33 heavy (non-hydrogen) atoms. The number of piperidine rings is 1. The average molecular weight is 453 g/mol. The third-order valence-electron chi connectivity index (χ3n) is 6.26. The number of benzene rings is 2. The molecule has 0 saturated carbocycles. The lowest BCUT2D eigenvalue weighted by Gasteiger charge is -2.44. The normalized spacial score (nSPS) is 16.6. The van der Waals surface area contributed by atoms with Crippen molar-refractivity contribution in [2.45, 2.75) is 38.2 Å². The van der Waals surface area contributed by atoms with Crippen molar-refractivity contribution < 1.29 is 28.6 Å². The van der Waals surface area contributed by atoms with Crippen LogP contribution >= 0.6 is 0 Å². The first-order valence-electron chi connectivity index (χ1n) is 11.0. The number of hydrogen-bond donors (Lipinski definition) is 1. The van der Waals surface area contributed by atoms with Crippen LogP contribution in [0.5, 0.6) is 17.2 Å². The van der Waals surface area contributed by atoms with Crippen LogP contribution in [0.2, 0.25) is 0 Å². The van der Waals surface area contributed by atoms with Crippen molar-refractivity contribution in [2.24, 2.45) is 0 Å². The third-order valence-corrected chi connectivity index (χ3v) is 6.26. The number of likely N-dealkylation sites (tertiary alicyclic amines) is 1. The summed E-state index contributed by atoms with van der Waals surface area (Å²) in [6.45, 7) is 2.48. The van der Waals surface area contributed by atoms with Crippen molar-refractivity contribution in [3.63, 3.8) is 0 Å². The first-order chi connectivity index (χ1) is 15.8. The highest BCUT2D eigenvalue weighted by molar-refractivity contribution is 6.01. The van der Waals surface area contributed by atoms with Crippen molar-refractivity contribution in [1.29, 1.82) is 0 Å². The van der Waals surface area contributed by atoms with Gasteiger partial charge >= 0.3 is 0 Å². The number of methoxy groups -OCH3 is 2. The highest BCUT2D eigenvalue weighted by atomic mass is 16.5. The van der Waals surface area contributed by atoms with Gasteiger partial charge < -0.3 is 24.4 Å². The predicted molar refractivity (Wildman–Crippen MR) is 122 cm³/mol. The molecule has 0 atom stereocenters. The predicted octanol–water partition coefficient (Wildman–Crippen LogP) is 3.23. The number of amides is 2. The monoisotopic (exact) mass is 452 g/mol. The van der Waals surface area contributed by atoms with E-state index in [0.717, 1.165) is 5.56 Å². The Morgan fingerprint density at radius 2 is 1.76 bits per heavy atom. The Morgan fingerprint density at radius 1 is 1.06 bits per heavy atom. The van der Waals surface area contributed by atoms with Crippen LogP contribution in [0, 0.1) is 0 Å². The van der Waals surface area contributed by atoms with Gasteiger partial charge in [-0.3, -0.25) is 14.4 Å². The Labute approximate surface area is 192 Å². The number of carbonyl (C=O) groups excluding carboxylic acids is 3. The van der Waals surface area contributed by atoms with Crippen LogP contribution in [-0.2, 0) is 16.0 Å². The molecule has 1 fully saturated rings. The molecular formula is C25H28N2O6. The van der Waals surface area contributed by atoms with Crippen molar-refractivity contribution >= 4 is 23.3 Å². The summed E-state index contributed by atoms with van der Waals surface area (Å²) < 4.78 is 17.2. The van der Waals surface area contributed by atoms with E-state index in [1.807, 2.05) is 17.0 Å². The molecule has 0 aromatic heterocycles. The number of anilines is 1. The molecule has 4 rings (SSSR count). The number of Topliss-reactive ketones (excluding diaryl/α,β-unsaturated/α-hetero) is 1. The van der Waals surface area contributed by atoms with E-state index < -0.39 is 5.60 Å². The highest BCUT2D eigenvalue weighted by Crippen LogP contribution is 2.47. The second-order valence-corrected chi connectivity index (χ2v) is 8.50. The van der Waals surface area contributed by atoms with E-state index in [2.05, 4.69) is 5.32 Å². The molecule has 0 aliphatic carbocycles. The smallest absolute Gasteiger partial charge is 0.226 e. The lowest BCUT2D eigenvalue weighted by Crippen LogP contribution is -2.52. The zero-order chi connectivity index (χ0) is 23.6. The lowest BCUT2D eigenvalue weighted by atomic mass is 9.82. The fraction of sp³-hybridized carbons (Fsp3) is 0.400. The zero-order valence-electron chi connectivity index (χ0n) is 19.1. The molecule has 2 amide bonds. The van der Waals surface area contributed by atoms with Gasteiger partial charge in [0.1, 0.15) is 5.60 Å². The Kier molecular flexibility index (Phi) is 6.26. The highest BCUT2D eigenvalue weighted by Gasteiger charge is 2.45. The molecule has 1 spiro atoms. The minimum Gasteiger partial charge on any atom is -0.493 e. The number of carbonyl (C=O) groups is 3. The number of ether oxygens (including phenoxy) is 3. The molecule has 2 aromatic rings. The zero-order valence-corrected chi connectivity index (χ0v) is 19.1. The van der Waals surface area contributed by atoms with Crippen LogP contribution in [0.15, 0.2) is 36.4 Å². The van der Waals surface area contributed by atoms with Gasteiger partial charge in [-0.05, 0) is 29.8 Å². The molecule has 2 heterocycles. The Balaban J connectivity index is 1.42. The van der Waals surface area contributed by atoms with Gasteiger partial charge in [0, 0.05) is 38.5 Å². The number of rotatable bonds is 5. The minimum atomic E-state index is -0.652. The van der Waals surface area contributed by atoms with E-state index in [9.17, 15) is 14.4 Å².